The Balaban J connectivity index is 2.08. The molecule has 0 aliphatic rings. The molecule has 2 aromatic rings. The van der Waals surface area contributed by atoms with E-state index in [2.05, 4.69) is 10.5 Å². The normalized spacial score (nSPS) is 11.2. The van der Waals surface area contributed by atoms with Crippen LogP contribution in [-0.2, 0) is 11.2 Å². The lowest BCUT2D eigenvalue weighted by Gasteiger charge is -2.08. The first-order valence-electron chi connectivity index (χ1n) is 7.67. The lowest BCUT2D eigenvalue weighted by molar-refractivity contribution is -0.120. The van der Waals surface area contributed by atoms with Gasteiger partial charge in [0, 0.05) is 5.56 Å². The summed E-state index contributed by atoms with van der Waals surface area (Å²) in [5.74, 6) is 0.489. The van der Waals surface area contributed by atoms with Crippen molar-refractivity contribution in [3.8, 4) is 11.5 Å². The van der Waals surface area contributed by atoms with Gasteiger partial charge in [-0.2, -0.15) is 5.10 Å². The van der Waals surface area contributed by atoms with Gasteiger partial charge in [0.1, 0.15) is 11.5 Å². The standard InChI is InChI=1S/C19H22N2O3/c1-12-5-6-15(13(2)9-12)10-19(23)21-20-14(3)17-11-16(24-4)7-8-18(17)22/h5-9,11,22H,10H2,1-4H3,(H,21,23)/b20-14+. The van der Waals surface area contributed by atoms with Crippen molar-refractivity contribution >= 4 is 11.6 Å². The number of hydrogen-bond acceptors (Lipinski definition) is 4. The summed E-state index contributed by atoms with van der Waals surface area (Å²) in [6, 6.07) is 10.8. The molecule has 2 N–H and O–H groups in total. The highest BCUT2D eigenvalue weighted by Gasteiger charge is 2.09. The molecule has 0 unspecified atom stereocenters. The van der Waals surface area contributed by atoms with E-state index in [9.17, 15) is 9.90 Å². The first-order chi connectivity index (χ1) is 11.4. The molecule has 0 aliphatic carbocycles. The Morgan fingerprint density at radius 1 is 1.21 bits per heavy atom. The Labute approximate surface area is 142 Å². The number of ether oxygens (including phenoxy) is 1. The molecule has 0 radical (unpaired) electrons. The third-order valence-electron chi connectivity index (χ3n) is 3.79. The molecule has 0 saturated carbocycles. The molecule has 5 nitrogen and oxygen atoms in total. The van der Waals surface area contributed by atoms with Crippen molar-refractivity contribution in [2.24, 2.45) is 5.10 Å². The van der Waals surface area contributed by atoms with Gasteiger partial charge in [-0.3, -0.25) is 4.79 Å². The Morgan fingerprint density at radius 2 is 1.96 bits per heavy atom. The van der Waals surface area contributed by atoms with E-state index in [1.165, 1.54) is 11.6 Å². The van der Waals surface area contributed by atoms with Gasteiger partial charge in [0.25, 0.3) is 0 Å². The maximum atomic E-state index is 12.1. The number of nitrogens with zero attached hydrogens (tertiary/aromatic N) is 1. The van der Waals surface area contributed by atoms with Crippen LogP contribution < -0.4 is 10.2 Å². The van der Waals surface area contributed by atoms with Crippen LogP contribution in [0.2, 0.25) is 0 Å². The Bertz CT molecular complexity index is 782. The Morgan fingerprint density at radius 3 is 2.62 bits per heavy atom. The van der Waals surface area contributed by atoms with Gasteiger partial charge in [-0.05, 0) is 50.1 Å². The number of aryl methyl sites for hydroxylation is 2. The van der Waals surface area contributed by atoms with Gasteiger partial charge in [0.15, 0.2) is 0 Å². The highest BCUT2D eigenvalue weighted by Crippen LogP contribution is 2.23. The van der Waals surface area contributed by atoms with Crippen molar-refractivity contribution in [3.05, 3.63) is 58.7 Å². The number of carbonyl (C=O) groups is 1. The van der Waals surface area contributed by atoms with Crippen molar-refractivity contribution in [1.82, 2.24) is 5.43 Å². The fourth-order valence-electron chi connectivity index (χ4n) is 2.39. The van der Waals surface area contributed by atoms with Gasteiger partial charge in [-0.1, -0.05) is 23.8 Å². The molecule has 24 heavy (non-hydrogen) atoms. The summed E-state index contributed by atoms with van der Waals surface area (Å²) in [4.78, 5) is 12.1. The number of benzene rings is 2. The largest absolute Gasteiger partial charge is 0.507 e. The Hall–Kier alpha value is -2.82. The van der Waals surface area contributed by atoms with Gasteiger partial charge in [-0.25, -0.2) is 5.43 Å². The SMILES string of the molecule is COc1ccc(O)c(/C(C)=N/NC(=O)Cc2ccc(C)cc2C)c1. The highest BCUT2D eigenvalue weighted by atomic mass is 16.5. The number of aromatic hydroxyl groups is 1. The van der Waals surface area contributed by atoms with Gasteiger partial charge in [0.2, 0.25) is 5.91 Å². The molecule has 126 valence electrons. The number of hydrogen-bond donors (Lipinski definition) is 2. The highest BCUT2D eigenvalue weighted by molar-refractivity contribution is 6.01. The summed E-state index contributed by atoms with van der Waals surface area (Å²) < 4.78 is 5.13. The molecule has 0 bridgehead atoms. The summed E-state index contributed by atoms with van der Waals surface area (Å²) in [7, 11) is 1.55. The van der Waals surface area contributed by atoms with E-state index < -0.39 is 0 Å². The molecule has 0 saturated heterocycles. The van der Waals surface area contributed by atoms with E-state index in [4.69, 9.17) is 4.74 Å². The lowest BCUT2D eigenvalue weighted by atomic mass is 10.0. The van der Waals surface area contributed by atoms with Crippen LogP contribution in [0.15, 0.2) is 41.5 Å². The second kappa shape index (κ2) is 7.64. The third kappa shape index (κ3) is 4.35. The minimum atomic E-state index is -0.205. The molecule has 0 heterocycles. The van der Waals surface area contributed by atoms with Crippen LogP contribution in [-0.4, -0.2) is 23.8 Å². The predicted molar refractivity (Wildman–Crippen MR) is 94.6 cm³/mol. The van der Waals surface area contributed by atoms with Crippen LogP contribution >= 0.6 is 0 Å². The third-order valence-corrected chi connectivity index (χ3v) is 3.79. The number of hydrazone groups is 1. The summed E-state index contributed by atoms with van der Waals surface area (Å²) in [5, 5.41) is 14.0. The molecule has 2 rings (SSSR count). The fourth-order valence-corrected chi connectivity index (χ4v) is 2.39. The van der Waals surface area contributed by atoms with Crippen molar-refractivity contribution in [3.63, 3.8) is 0 Å². The molecule has 0 fully saturated rings. The number of phenolic OH excluding ortho intramolecular Hbond substituents is 1. The van der Waals surface area contributed by atoms with Crippen LogP contribution in [0.25, 0.3) is 0 Å². The van der Waals surface area contributed by atoms with E-state index in [1.807, 2.05) is 32.0 Å². The summed E-state index contributed by atoms with van der Waals surface area (Å²) in [6.45, 7) is 5.72. The van der Waals surface area contributed by atoms with E-state index in [0.717, 1.165) is 11.1 Å². The zero-order valence-electron chi connectivity index (χ0n) is 14.4. The maximum absolute atomic E-state index is 12.1. The van der Waals surface area contributed by atoms with Gasteiger partial charge in [-0.15, -0.1) is 0 Å². The van der Waals surface area contributed by atoms with Crippen molar-refractivity contribution in [1.29, 1.82) is 0 Å². The minimum absolute atomic E-state index is 0.0840. The molecule has 1 amide bonds. The van der Waals surface area contributed by atoms with Gasteiger partial charge in [0.05, 0.1) is 19.2 Å². The van der Waals surface area contributed by atoms with Crippen LogP contribution in [0.4, 0.5) is 0 Å². The number of phenols is 1. The fraction of sp³-hybridized carbons (Fsp3) is 0.263. The quantitative estimate of drug-likeness (QED) is 0.655. The molecular weight excluding hydrogens is 304 g/mol. The van der Waals surface area contributed by atoms with Crippen molar-refractivity contribution in [2.75, 3.05) is 7.11 Å². The topological polar surface area (TPSA) is 70.9 Å². The van der Waals surface area contributed by atoms with Gasteiger partial charge >= 0.3 is 0 Å². The summed E-state index contributed by atoms with van der Waals surface area (Å²) in [5.41, 5.74) is 6.76. The number of amides is 1. The lowest BCUT2D eigenvalue weighted by Crippen LogP contribution is -2.21. The molecule has 0 spiro atoms. The first-order valence-corrected chi connectivity index (χ1v) is 7.67. The van der Waals surface area contributed by atoms with Crippen molar-refractivity contribution < 1.29 is 14.6 Å². The number of rotatable bonds is 5. The Kier molecular flexibility index (Phi) is 5.58. The second-order valence-corrected chi connectivity index (χ2v) is 5.72. The molecule has 2 aromatic carbocycles. The second-order valence-electron chi connectivity index (χ2n) is 5.72. The van der Waals surface area contributed by atoms with Crippen LogP contribution in [0.1, 0.15) is 29.2 Å². The molecule has 5 heteroatoms. The van der Waals surface area contributed by atoms with E-state index in [0.29, 0.717) is 17.0 Å². The summed E-state index contributed by atoms with van der Waals surface area (Å²) in [6.07, 6.45) is 0.257. The number of nitrogens with one attached hydrogen (secondary N) is 1. The van der Waals surface area contributed by atoms with E-state index in [1.54, 1.807) is 26.2 Å². The van der Waals surface area contributed by atoms with Crippen LogP contribution in [0.5, 0.6) is 11.5 Å². The number of carbonyl (C=O) groups excluding carboxylic acids is 1. The van der Waals surface area contributed by atoms with Crippen LogP contribution in [0.3, 0.4) is 0 Å². The molecule has 0 aromatic heterocycles. The smallest absolute Gasteiger partial charge is 0.244 e. The first kappa shape index (κ1) is 17.5. The zero-order chi connectivity index (χ0) is 17.7. The molecular formula is C19H22N2O3. The average Bonchev–Trinajstić information content (AvgIpc) is 2.55. The van der Waals surface area contributed by atoms with E-state index in [-0.39, 0.29) is 18.1 Å². The molecule has 0 atom stereocenters. The van der Waals surface area contributed by atoms with Crippen molar-refractivity contribution in [2.45, 2.75) is 27.2 Å². The molecule has 0 aliphatic heterocycles. The zero-order valence-corrected chi connectivity index (χ0v) is 14.4. The average molecular weight is 326 g/mol. The maximum Gasteiger partial charge on any atom is 0.244 e. The summed E-state index contributed by atoms with van der Waals surface area (Å²) >= 11 is 0. The predicted octanol–water partition coefficient (Wildman–Crippen LogP) is 3.10. The number of methoxy groups -OCH3 is 1. The van der Waals surface area contributed by atoms with Crippen LogP contribution in [0, 0.1) is 13.8 Å². The monoisotopic (exact) mass is 326 g/mol. The van der Waals surface area contributed by atoms with Gasteiger partial charge < -0.3 is 9.84 Å². The van der Waals surface area contributed by atoms with E-state index >= 15 is 0 Å². The minimum Gasteiger partial charge on any atom is -0.507 e.